The number of ketones is 3. The van der Waals surface area contributed by atoms with Gasteiger partial charge in [-0.15, -0.1) is 5.92 Å². The minimum absolute atomic E-state index is 0.132. The summed E-state index contributed by atoms with van der Waals surface area (Å²) in [5, 5.41) is 0. The molecule has 0 N–H and O–H groups in total. The summed E-state index contributed by atoms with van der Waals surface area (Å²) in [7, 11) is 0. The first-order valence-corrected chi connectivity index (χ1v) is 25.8. The molecule has 0 saturated heterocycles. The topological polar surface area (TPSA) is 51.2 Å². The maximum atomic E-state index is 13.4. The normalized spacial score (nSPS) is 12.4. The fourth-order valence-electron chi connectivity index (χ4n) is 7.59. The van der Waals surface area contributed by atoms with E-state index in [1.165, 1.54) is 103 Å². The lowest BCUT2D eigenvalue weighted by molar-refractivity contribution is -0.131. The summed E-state index contributed by atoms with van der Waals surface area (Å²) in [5.41, 5.74) is 0. The number of unbranched alkanes of at least 4 members (excludes halogenated alkanes) is 25. The van der Waals surface area contributed by atoms with Crippen molar-refractivity contribution in [3.05, 3.63) is 60.8 Å². The number of rotatable bonds is 45. The summed E-state index contributed by atoms with van der Waals surface area (Å²) in [4.78, 5) is 39.6. The van der Waals surface area contributed by atoms with Gasteiger partial charge < -0.3 is 0 Å². The van der Waals surface area contributed by atoms with Crippen LogP contribution in [0.5, 0.6) is 0 Å². The third-order valence-electron chi connectivity index (χ3n) is 11.5. The van der Waals surface area contributed by atoms with Crippen molar-refractivity contribution < 1.29 is 14.4 Å². The Balaban J connectivity index is 4.50. The van der Waals surface area contributed by atoms with E-state index in [0.29, 0.717) is 19.3 Å². The molecule has 0 spiro atoms. The molecule has 1 unspecified atom stereocenters. The van der Waals surface area contributed by atoms with Crippen LogP contribution < -0.4 is 0 Å². The Hall–Kier alpha value is -2.73. The summed E-state index contributed by atoms with van der Waals surface area (Å²) < 4.78 is 0. The van der Waals surface area contributed by atoms with Crippen molar-refractivity contribution in [3.8, 4) is 11.8 Å². The molecule has 0 aromatic carbocycles. The molecular formula is C57H96O3. The van der Waals surface area contributed by atoms with Crippen LogP contribution in [0.2, 0.25) is 0 Å². The molecule has 0 aromatic rings. The number of carbonyl (C=O) groups excluding carboxylic acids is 3. The Morgan fingerprint density at radius 3 is 1.40 bits per heavy atom. The zero-order chi connectivity index (χ0) is 43.7. The molecule has 0 aliphatic carbocycles. The average molecular weight is 829 g/mol. The van der Waals surface area contributed by atoms with Gasteiger partial charge in [-0.3, -0.25) is 14.4 Å². The highest BCUT2D eigenvalue weighted by Gasteiger charge is 2.24. The first kappa shape index (κ1) is 57.3. The van der Waals surface area contributed by atoms with Crippen LogP contribution in [0, 0.1) is 17.8 Å². The second-order valence-corrected chi connectivity index (χ2v) is 17.4. The third kappa shape index (κ3) is 44.8. The highest BCUT2D eigenvalue weighted by Crippen LogP contribution is 2.21. The summed E-state index contributed by atoms with van der Waals surface area (Å²) >= 11 is 0. The standard InChI is InChI=1S/C57H96O3/c1-4-7-10-13-16-19-22-25-28-31-34-37-40-43-46-49-55(58)52-54(57(60)51-48-45-42-39-36-33-30-27-24-21-18-15-12-9-6-3)53-56(59)50-47-44-41-38-35-32-29-26-23-20-17-14-11-8-5-2/h7,10,16,18-19,21-22,25-26,29,54H,4-6,8-9,11-15,17,20,23-24,28,31-53H2,1-3H3/b10-7-,19-16-,21-18-,25-22+,29-26-. The van der Waals surface area contributed by atoms with Gasteiger partial charge in [0, 0.05) is 50.9 Å². The van der Waals surface area contributed by atoms with Gasteiger partial charge in [0.05, 0.1) is 0 Å². The quantitative estimate of drug-likeness (QED) is 0.0266. The lowest BCUT2D eigenvalue weighted by Gasteiger charge is -2.15. The molecule has 0 heterocycles. The summed E-state index contributed by atoms with van der Waals surface area (Å²) in [6.45, 7) is 6.66. The Labute approximate surface area is 373 Å². The maximum Gasteiger partial charge on any atom is 0.136 e. The van der Waals surface area contributed by atoms with Crippen molar-refractivity contribution in [1.29, 1.82) is 0 Å². The van der Waals surface area contributed by atoms with E-state index < -0.39 is 5.92 Å². The van der Waals surface area contributed by atoms with Crippen LogP contribution in [0.15, 0.2) is 60.8 Å². The van der Waals surface area contributed by atoms with Gasteiger partial charge in [-0.05, 0) is 89.9 Å². The third-order valence-corrected chi connectivity index (χ3v) is 11.5. The van der Waals surface area contributed by atoms with Crippen molar-refractivity contribution in [2.75, 3.05) is 0 Å². The summed E-state index contributed by atoms with van der Waals surface area (Å²) in [5.74, 6) is 6.61. The molecule has 0 saturated carbocycles. The molecule has 0 bridgehead atoms. The molecule has 0 aromatic heterocycles. The van der Waals surface area contributed by atoms with Crippen molar-refractivity contribution in [1.82, 2.24) is 0 Å². The zero-order valence-corrected chi connectivity index (χ0v) is 39.9. The van der Waals surface area contributed by atoms with Gasteiger partial charge in [-0.2, -0.15) is 0 Å². The van der Waals surface area contributed by atoms with Gasteiger partial charge in [0.15, 0.2) is 0 Å². The molecule has 3 nitrogen and oxygen atoms in total. The first-order valence-electron chi connectivity index (χ1n) is 25.8. The zero-order valence-electron chi connectivity index (χ0n) is 39.9. The molecule has 1 atom stereocenters. The van der Waals surface area contributed by atoms with Gasteiger partial charge in [-0.1, -0.05) is 197 Å². The second-order valence-electron chi connectivity index (χ2n) is 17.4. The number of carbonyl (C=O) groups is 3. The van der Waals surface area contributed by atoms with Gasteiger partial charge in [0.2, 0.25) is 0 Å². The SMILES string of the molecule is CC/C=C\C/C=C\C=C\CCCCCCCCC(=O)CC(CC(=O)CCCCCCC/C=C\CCCCCCCC)C(=O)CCCCCCCC#CC/C=C\CCCCC. The highest BCUT2D eigenvalue weighted by molar-refractivity contribution is 5.92. The van der Waals surface area contributed by atoms with Crippen LogP contribution in [-0.4, -0.2) is 17.3 Å². The van der Waals surface area contributed by atoms with E-state index in [2.05, 4.69) is 93.4 Å². The van der Waals surface area contributed by atoms with Crippen LogP contribution in [0.25, 0.3) is 0 Å². The van der Waals surface area contributed by atoms with E-state index >= 15 is 0 Å². The Morgan fingerprint density at radius 1 is 0.400 bits per heavy atom. The number of Topliss-reactive ketones (excluding diaryl/α,β-unsaturated/α-hetero) is 3. The summed E-state index contributed by atoms with van der Waals surface area (Å²) in [6.07, 6.45) is 62.4. The van der Waals surface area contributed by atoms with Crippen LogP contribution in [-0.2, 0) is 14.4 Å². The van der Waals surface area contributed by atoms with Crippen LogP contribution in [0.1, 0.15) is 265 Å². The van der Waals surface area contributed by atoms with Crippen molar-refractivity contribution >= 4 is 17.3 Å². The fraction of sp³-hybridized carbons (Fsp3) is 0.737. The Bertz CT molecular complexity index is 1190. The Morgan fingerprint density at radius 2 is 0.833 bits per heavy atom. The predicted molar refractivity (Wildman–Crippen MR) is 264 cm³/mol. The molecule has 0 rings (SSSR count). The molecule has 0 fully saturated rings. The monoisotopic (exact) mass is 829 g/mol. The number of hydrogen-bond donors (Lipinski definition) is 0. The van der Waals surface area contributed by atoms with Gasteiger partial charge in [0.25, 0.3) is 0 Å². The van der Waals surface area contributed by atoms with Gasteiger partial charge in [0.1, 0.15) is 17.3 Å². The lowest BCUT2D eigenvalue weighted by atomic mass is 9.87. The van der Waals surface area contributed by atoms with Crippen molar-refractivity contribution in [2.45, 2.75) is 265 Å². The molecule has 342 valence electrons. The lowest BCUT2D eigenvalue weighted by Crippen LogP contribution is -2.22. The molecular weight excluding hydrogens is 733 g/mol. The summed E-state index contributed by atoms with van der Waals surface area (Å²) in [6, 6.07) is 0. The average Bonchev–Trinajstić information content (AvgIpc) is 3.24. The van der Waals surface area contributed by atoms with Crippen molar-refractivity contribution in [2.24, 2.45) is 5.92 Å². The first-order chi connectivity index (χ1) is 29.5. The number of hydrogen-bond acceptors (Lipinski definition) is 3. The molecule has 0 radical (unpaired) electrons. The predicted octanol–water partition coefficient (Wildman–Crippen LogP) is 18.0. The van der Waals surface area contributed by atoms with E-state index in [9.17, 15) is 14.4 Å². The minimum atomic E-state index is -0.431. The van der Waals surface area contributed by atoms with Crippen LogP contribution in [0.4, 0.5) is 0 Å². The van der Waals surface area contributed by atoms with Crippen LogP contribution >= 0.6 is 0 Å². The van der Waals surface area contributed by atoms with Gasteiger partial charge in [-0.25, -0.2) is 0 Å². The van der Waals surface area contributed by atoms with E-state index in [1.54, 1.807) is 0 Å². The highest BCUT2D eigenvalue weighted by atomic mass is 16.1. The largest absolute Gasteiger partial charge is 0.300 e. The minimum Gasteiger partial charge on any atom is -0.300 e. The smallest absolute Gasteiger partial charge is 0.136 e. The second kappa shape index (κ2) is 48.9. The molecule has 3 heteroatoms. The maximum absolute atomic E-state index is 13.4. The van der Waals surface area contributed by atoms with Crippen molar-refractivity contribution in [3.63, 3.8) is 0 Å². The van der Waals surface area contributed by atoms with E-state index in [1.807, 2.05) is 0 Å². The fourth-order valence-corrected chi connectivity index (χ4v) is 7.59. The number of allylic oxidation sites excluding steroid dienone is 10. The molecule has 0 amide bonds. The van der Waals surface area contributed by atoms with Gasteiger partial charge >= 0.3 is 0 Å². The van der Waals surface area contributed by atoms with E-state index in [4.69, 9.17) is 0 Å². The Kier molecular flexibility index (Phi) is 46.7. The van der Waals surface area contributed by atoms with E-state index in [0.717, 1.165) is 109 Å². The molecule has 0 aliphatic heterocycles. The van der Waals surface area contributed by atoms with E-state index in [-0.39, 0.29) is 30.2 Å². The molecule has 0 aliphatic rings. The molecule has 60 heavy (non-hydrogen) atoms. The van der Waals surface area contributed by atoms with Crippen LogP contribution in [0.3, 0.4) is 0 Å².